The summed E-state index contributed by atoms with van der Waals surface area (Å²) in [6.45, 7) is 0. The standard InChI is InChI=1S/C12H11BrFN3O/c1-18-12-11(16-4-5-17-12)10(15)8-6-7(14)2-3-9(8)13/h2-6,10H,15H2,1H3. The minimum atomic E-state index is -0.612. The zero-order valence-electron chi connectivity index (χ0n) is 9.60. The normalized spacial score (nSPS) is 12.2. The monoisotopic (exact) mass is 311 g/mol. The number of rotatable bonds is 3. The lowest BCUT2D eigenvalue weighted by Gasteiger charge is -2.15. The quantitative estimate of drug-likeness (QED) is 0.945. The summed E-state index contributed by atoms with van der Waals surface area (Å²) in [4.78, 5) is 8.16. The first-order valence-electron chi connectivity index (χ1n) is 5.19. The molecule has 0 aliphatic heterocycles. The van der Waals surface area contributed by atoms with E-state index in [1.165, 1.54) is 31.6 Å². The zero-order valence-corrected chi connectivity index (χ0v) is 11.2. The minimum absolute atomic E-state index is 0.334. The van der Waals surface area contributed by atoms with Crippen LogP contribution in [0.25, 0.3) is 0 Å². The average Bonchev–Trinajstić information content (AvgIpc) is 2.40. The second-order valence-electron chi connectivity index (χ2n) is 3.59. The molecular formula is C12H11BrFN3O. The maximum Gasteiger partial charge on any atom is 0.237 e. The molecule has 1 heterocycles. The number of nitrogens with two attached hydrogens (primary N) is 1. The molecule has 0 spiro atoms. The molecule has 4 nitrogen and oxygen atoms in total. The molecule has 0 aliphatic rings. The van der Waals surface area contributed by atoms with Crippen molar-refractivity contribution in [3.63, 3.8) is 0 Å². The Balaban J connectivity index is 2.47. The Morgan fingerprint density at radius 1 is 1.33 bits per heavy atom. The lowest BCUT2D eigenvalue weighted by molar-refractivity contribution is 0.387. The van der Waals surface area contributed by atoms with Crippen LogP contribution in [0.3, 0.4) is 0 Å². The van der Waals surface area contributed by atoms with Crippen LogP contribution < -0.4 is 10.5 Å². The smallest absolute Gasteiger partial charge is 0.237 e. The number of ether oxygens (including phenoxy) is 1. The number of hydrogen-bond donors (Lipinski definition) is 1. The fourth-order valence-electron chi connectivity index (χ4n) is 1.61. The van der Waals surface area contributed by atoms with Crippen LogP contribution in [0.5, 0.6) is 5.88 Å². The molecule has 94 valence electrons. The van der Waals surface area contributed by atoms with Gasteiger partial charge in [0.2, 0.25) is 5.88 Å². The first-order chi connectivity index (χ1) is 8.63. The van der Waals surface area contributed by atoms with Crippen LogP contribution >= 0.6 is 15.9 Å². The van der Waals surface area contributed by atoms with E-state index in [4.69, 9.17) is 10.5 Å². The summed E-state index contributed by atoms with van der Waals surface area (Å²) in [6, 6.07) is 3.71. The van der Waals surface area contributed by atoms with Crippen molar-refractivity contribution in [2.24, 2.45) is 5.73 Å². The molecule has 1 atom stereocenters. The molecule has 0 saturated heterocycles. The maximum atomic E-state index is 13.3. The van der Waals surface area contributed by atoms with E-state index >= 15 is 0 Å². The first-order valence-corrected chi connectivity index (χ1v) is 5.98. The van der Waals surface area contributed by atoms with Gasteiger partial charge in [0, 0.05) is 16.9 Å². The van der Waals surface area contributed by atoms with E-state index < -0.39 is 6.04 Å². The zero-order chi connectivity index (χ0) is 13.1. The Labute approximate surface area is 112 Å². The minimum Gasteiger partial charge on any atom is -0.480 e. The van der Waals surface area contributed by atoms with Crippen LogP contribution in [0, 0.1) is 5.82 Å². The molecule has 0 aliphatic carbocycles. The van der Waals surface area contributed by atoms with E-state index in [2.05, 4.69) is 25.9 Å². The number of aromatic nitrogens is 2. The molecule has 2 N–H and O–H groups in total. The van der Waals surface area contributed by atoms with E-state index in [0.29, 0.717) is 21.6 Å². The van der Waals surface area contributed by atoms with Crippen LogP contribution in [0.4, 0.5) is 4.39 Å². The van der Waals surface area contributed by atoms with Crippen molar-refractivity contribution in [1.29, 1.82) is 0 Å². The highest BCUT2D eigenvalue weighted by atomic mass is 79.9. The highest BCUT2D eigenvalue weighted by Gasteiger charge is 2.19. The van der Waals surface area contributed by atoms with Gasteiger partial charge in [0.1, 0.15) is 11.5 Å². The molecule has 6 heteroatoms. The number of nitrogens with zero attached hydrogens (tertiary/aromatic N) is 2. The van der Waals surface area contributed by atoms with Crippen molar-refractivity contribution in [2.45, 2.75) is 6.04 Å². The van der Waals surface area contributed by atoms with E-state index in [1.54, 1.807) is 6.07 Å². The molecule has 2 aromatic rings. The van der Waals surface area contributed by atoms with Gasteiger partial charge in [-0.05, 0) is 23.8 Å². The highest BCUT2D eigenvalue weighted by Crippen LogP contribution is 2.29. The van der Waals surface area contributed by atoms with Gasteiger partial charge < -0.3 is 10.5 Å². The molecule has 1 aromatic carbocycles. The van der Waals surface area contributed by atoms with Gasteiger partial charge in [-0.25, -0.2) is 9.37 Å². The predicted molar refractivity (Wildman–Crippen MR) is 68.7 cm³/mol. The maximum absolute atomic E-state index is 13.3. The third kappa shape index (κ3) is 2.49. The molecule has 1 unspecified atom stereocenters. The summed E-state index contributed by atoms with van der Waals surface area (Å²) in [5, 5.41) is 0. The van der Waals surface area contributed by atoms with Gasteiger partial charge in [0.15, 0.2) is 0 Å². The molecular weight excluding hydrogens is 301 g/mol. The van der Waals surface area contributed by atoms with Crippen molar-refractivity contribution >= 4 is 15.9 Å². The Morgan fingerprint density at radius 2 is 2.06 bits per heavy atom. The topological polar surface area (TPSA) is 61.0 Å². The molecule has 0 bridgehead atoms. The lowest BCUT2D eigenvalue weighted by Crippen LogP contribution is -2.16. The molecule has 0 fully saturated rings. The lowest BCUT2D eigenvalue weighted by atomic mass is 10.0. The molecule has 18 heavy (non-hydrogen) atoms. The van der Waals surface area contributed by atoms with Gasteiger partial charge in [-0.15, -0.1) is 0 Å². The van der Waals surface area contributed by atoms with Crippen molar-refractivity contribution in [3.8, 4) is 5.88 Å². The van der Waals surface area contributed by atoms with Gasteiger partial charge in [-0.2, -0.15) is 0 Å². The van der Waals surface area contributed by atoms with Gasteiger partial charge in [0.25, 0.3) is 0 Å². The summed E-state index contributed by atoms with van der Waals surface area (Å²) in [6.07, 6.45) is 3.03. The van der Waals surface area contributed by atoms with Crippen molar-refractivity contribution in [2.75, 3.05) is 7.11 Å². The van der Waals surface area contributed by atoms with E-state index in [-0.39, 0.29) is 5.82 Å². The Hall–Kier alpha value is -1.53. The second kappa shape index (κ2) is 5.41. The number of benzene rings is 1. The fraction of sp³-hybridized carbons (Fsp3) is 0.167. The predicted octanol–water partition coefficient (Wildman–Crippen LogP) is 2.43. The SMILES string of the molecule is COc1nccnc1C(N)c1cc(F)ccc1Br. The highest BCUT2D eigenvalue weighted by molar-refractivity contribution is 9.10. The first kappa shape index (κ1) is 12.9. The van der Waals surface area contributed by atoms with Crippen molar-refractivity contribution in [1.82, 2.24) is 9.97 Å². The average molecular weight is 312 g/mol. The number of hydrogen-bond acceptors (Lipinski definition) is 4. The second-order valence-corrected chi connectivity index (χ2v) is 4.45. The summed E-state index contributed by atoms with van der Waals surface area (Å²) in [5.74, 6) is -0.0207. The third-order valence-electron chi connectivity index (χ3n) is 2.47. The molecule has 0 amide bonds. The van der Waals surface area contributed by atoms with E-state index in [0.717, 1.165) is 0 Å². The van der Waals surface area contributed by atoms with Crippen LogP contribution in [0.15, 0.2) is 35.1 Å². The summed E-state index contributed by atoms with van der Waals surface area (Å²) < 4.78 is 19.1. The van der Waals surface area contributed by atoms with Crippen LogP contribution in [-0.4, -0.2) is 17.1 Å². The van der Waals surface area contributed by atoms with Crippen LogP contribution in [-0.2, 0) is 0 Å². The van der Waals surface area contributed by atoms with E-state index in [1.807, 2.05) is 0 Å². The van der Waals surface area contributed by atoms with Crippen molar-refractivity contribution in [3.05, 3.63) is 52.1 Å². The van der Waals surface area contributed by atoms with Gasteiger partial charge in [0.05, 0.1) is 13.2 Å². The largest absolute Gasteiger partial charge is 0.480 e. The van der Waals surface area contributed by atoms with Gasteiger partial charge in [-0.3, -0.25) is 4.98 Å². The Kier molecular flexibility index (Phi) is 3.88. The number of halogens is 2. The van der Waals surface area contributed by atoms with E-state index in [9.17, 15) is 4.39 Å². The van der Waals surface area contributed by atoms with Gasteiger partial charge >= 0.3 is 0 Å². The summed E-state index contributed by atoms with van der Waals surface area (Å²) >= 11 is 3.34. The summed E-state index contributed by atoms with van der Waals surface area (Å²) in [7, 11) is 1.49. The molecule has 0 radical (unpaired) electrons. The van der Waals surface area contributed by atoms with Crippen LogP contribution in [0.2, 0.25) is 0 Å². The molecule has 2 rings (SSSR count). The van der Waals surface area contributed by atoms with Gasteiger partial charge in [-0.1, -0.05) is 15.9 Å². The Bertz CT molecular complexity index is 565. The molecule has 1 aromatic heterocycles. The fourth-order valence-corrected chi connectivity index (χ4v) is 2.10. The number of methoxy groups -OCH3 is 1. The van der Waals surface area contributed by atoms with Crippen LogP contribution in [0.1, 0.15) is 17.3 Å². The summed E-state index contributed by atoms with van der Waals surface area (Å²) in [5.41, 5.74) is 7.14. The Morgan fingerprint density at radius 3 is 2.78 bits per heavy atom. The molecule has 0 saturated carbocycles. The van der Waals surface area contributed by atoms with Crippen molar-refractivity contribution < 1.29 is 9.13 Å². The third-order valence-corrected chi connectivity index (χ3v) is 3.19.